The molecule has 0 saturated carbocycles. The quantitative estimate of drug-likeness (QED) is 0.0584. The summed E-state index contributed by atoms with van der Waals surface area (Å²) in [5, 5.41) is 22.1. The maximum absolute atomic E-state index is 12.7. The van der Waals surface area contributed by atoms with Gasteiger partial charge in [-0.05, 0) is 42.5 Å². The molecular weight excluding hydrogens is 743 g/mol. The number of hydrogen-bond acceptors (Lipinski definition) is 12. The smallest absolute Gasteiger partial charge is 0.295 e. The van der Waals surface area contributed by atoms with Crippen LogP contribution < -0.4 is 21.1 Å². The van der Waals surface area contributed by atoms with Gasteiger partial charge in [0.2, 0.25) is 16.0 Å². The summed E-state index contributed by atoms with van der Waals surface area (Å²) in [5.41, 5.74) is 5.41. The van der Waals surface area contributed by atoms with Crippen LogP contribution in [-0.4, -0.2) is 91.3 Å². The van der Waals surface area contributed by atoms with E-state index in [2.05, 4.69) is 31.9 Å². The lowest BCUT2D eigenvalue weighted by molar-refractivity contribution is 0.478. The number of aliphatic imine (C=N–C) groups is 2. The van der Waals surface area contributed by atoms with Crippen LogP contribution in [0.1, 0.15) is 11.1 Å². The molecule has 0 saturated heterocycles. The summed E-state index contributed by atoms with van der Waals surface area (Å²) in [6.45, 7) is 3.31. The number of nitrogens with one attached hydrogen (secondary N) is 3. The summed E-state index contributed by atoms with van der Waals surface area (Å²) in [4.78, 5) is 5.89. The van der Waals surface area contributed by atoms with Crippen LogP contribution in [-0.2, 0) is 40.4 Å². The number of rotatable bonds is 11. The van der Waals surface area contributed by atoms with E-state index in [9.17, 15) is 47.3 Å². The van der Waals surface area contributed by atoms with Gasteiger partial charge in [0, 0.05) is 43.6 Å². The fraction of sp³-hybridized carbons (Fsp3) is 0.154. The van der Waals surface area contributed by atoms with Gasteiger partial charge in [0.25, 0.3) is 30.4 Å². The number of anilines is 1. The number of nitrogens with zero attached hydrogens (tertiary/aromatic N) is 5. The molecule has 0 unspecified atom stereocenters. The van der Waals surface area contributed by atoms with Crippen molar-refractivity contribution in [2.45, 2.75) is 19.6 Å². The SMILES string of the molecule is C=C(N=C(N=C(N)N(C)C)Nc1cc(S(=O)(=O)O)c2cc(S(=O)(=O)O)cc(S(=O)(=O)O)c2c1)NCCNS(=O)(=O)c1ccc(C#N)c(C#N)c1. The molecule has 8 N–H and O–H groups in total. The number of fused-ring (bicyclic) bond motifs is 1. The maximum Gasteiger partial charge on any atom is 0.295 e. The van der Waals surface area contributed by atoms with Gasteiger partial charge in [0.15, 0.2) is 5.96 Å². The highest BCUT2D eigenvalue weighted by atomic mass is 32.2. The Morgan fingerprint density at radius 1 is 0.800 bits per heavy atom. The van der Waals surface area contributed by atoms with Gasteiger partial charge < -0.3 is 21.3 Å². The molecule has 50 heavy (non-hydrogen) atoms. The third kappa shape index (κ3) is 9.71. The highest BCUT2D eigenvalue weighted by molar-refractivity contribution is 7.89. The van der Waals surface area contributed by atoms with Gasteiger partial charge >= 0.3 is 0 Å². The minimum Gasteiger partial charge on any atom is -0.369 e. The van der Waals surface area contributed by atoms with Crippen LogP contribution >= 0.6 is 0 Å². The minimum absolute atomic E-state index is 0.00712. The van der Waals surface area contributed by atoms with E-state index >= 15 is 0 Å². The normalized spacial score (nSPS) is 12.9. The molecule has 0 atom stereocenters. The van der Waals surface area contributed by atoms with Crippen LogP contribution in [0.15, 0.2) is 84.4 Å². The molecule has 0 aromatic heterocycles. The minimum atomic E-state index is -5.28. The van der Waals surface area contributed by atoms with Crippen molar-refractivity contribution < 1.29 is 47.3 Å². The van der Waals surface area contributed by atoms with Crippen LogP contribution in [0.2, 0.25) is 0 Å². The van der Waals surface area contributed by atoms with Gasteiger partial charge in [0.05, 0.1) is 20.9 Å². The van der Waals surface area contributed by atoms with Crippen molar-refractivity contribution in [3.63, 3.8) is 0 Å². The first kappa shape index (κ1) is 39.3. The Kier molecular flexibility index (Phi) is 11.6. The van der Waals surface area contributed by atoms with E-state index in [1.807, 2.05) is 0 Å². The summed E-state index contributed by atoms with van der Waals surface area (Å²) in [6.07, 6.45) is 0. The predicted octanol–water partition coefficient (Wildman–Crippen LogP) is 0.00676. The molecule has 0 amide bonds. The van der Waals surface area contributed by atoms with Crippen molar-refractivity contribution in [2.24, 2.45) is 15.7 Å². The lowest BCUT2D eigenvalue weighted by atomic mass is 10.1. The first-order chi connectivity index (χ1) is 23.0. The van der Waals surface area contributed by atoms with Crippen molar-refractivity contribution >= 4 is 68.8 Å². The largest absolute Gasteiger partial charge is 0.369 e. The van der Waals surface area contributed by atoms with Crippen molar-refractivity contribution in [3.05, 3.63) is 66.0 Å². The maximum atomic E-state index is 12.7. The van der Waals surface area contributed by atoms with E-state index in [1.54, 1.807) is 12.1 Å². The molecule has 0 radical (unpaired) electrons. The summed E-state index contributed by atoms with van der Waals surface area (Å²) < 4.78 is 130. The summed E-state index contributed by atoms with van der Waals surface area (Å²) >= 11 is 0. The second-order valence-corrected chi connectivity index (χ2v) is 16.0. The topological polar surface area (TPSA) is 335 Å². The summed E-state index contributed by atoms with van der Waals surface area (Å²) in [7, 11) is -16.8. The Hall–Kier alpha value is -5.18. The van der Waals surface area contributed by atoms with Gasteiger partial charge in [-0.25, -0.2) is 13.1 Å². The molecule has 3 rings (SSSR count). The Balaban J connectivity index is 1.99. The number of nitriles is 2. The number of nitrogens with two attached hydrogens (primary N) is 1. The van der Waals surface area contributed by atoms with E-state index in [0.717, 1.165) is 24.3 Å². The van der Waals surface area contributed by atoms with E-state index < -0.39 is 71.8 Å². The lowest BCUT2D eigenvalue weighted by Crippen LogP contribution is -2.33. The van der Waals surface area contributed by atoms with Gasteiger partial charge in [-0.15, -0.1) is 0 Å². The van der Waals surface area contributed by atoms with Gasteiger partial charge in [-0.2, -0.15) is 45.8 Å². The van der Waals surface area contributed by atoms with E-state index in [-0.39, 0.29) is 46.6 Å². The first-order valence-corrected chi connectivity index (χ1v) is 19.1. The molecule has 0 spiro atoms. The van der Waals surface area contributed by atoms with Crippen LogP contribution in [0.25, 0.3) is 10.8 Å². The Morgan fingerprint density at radius 2 is 1.38 bits per heavy atom. The fourth-order valence-electron chi connectivity index (χ4n) is 3.96. The Bertz CT molecular complexity index is 2490. The molecule has 0 bridgehead atoms. The fourth-order valence-corrected chi connectivity index (χ4v) is 7.07. The standard InChI is InChI=1S/C26H27N9O11S4/c1-15(30-6-7-31-47(36,37)19-5-4-16(13-27)17(8-19)14-28)32-26(34-25(29)35(2)3)33-18-9-21-22(23(10-18)49(41,42)43)11-20(48(38,39)40)12-24(21)50(44,45)46/h4-5,8-12,30-31H,1,6-7H2,2-3H3,(H,38,39,40)(H,41,42,43)(H,44,45,46)(H3,29,32,33,34). The molecule has 0 fully saturated rings. The first-order valence-electron chi connectivity index (χ1n) is 13.3. The van der Waals surface area contributed by atoms with Gasteiger partial charge in [-0.1, -0.05) is 6.58 Å². The molecule has 20 nitrogen and oxygen atoms in total. The van der Waals surface area contributed by atoms with Crippen molar-refractivity contribution in [1.82, 2.24) is 14.9 Å². The Morgan fingerprint density at radius 3 is 1.92 bits per heavy atom. The lowest BCUT2D eigenvalue weighted by Gasteiger charge is -2.15. The second kappa shape index (κ2) is 14.7. The molecular formula is C26H27N9O11S4. The summed E-state index contributed by atoms with van der Waals surface area (Å²) in [6, 6.07) is 9.49. The zero-order valence-corrected chi connectivity index (χ0v) is 29.0. The third-order valence-corrected chi connectivity index (χ3v) is 10.4. The predicted molar refractivity (Wildman–Crippen MR) is 178 cm³/mol. The highest BCUT2D eigenvalue weighted by Crippen LogP contribution is 2.34. The molecule has 0 heterocycles. The average Bonchev–Trinajstić information content (AvgIpc) is 3.00. The van der Waals surface area contributed by atoms with Crippen molar-refractivity contribution in [3.8, 4) is 12.1 Å². The van der Waals surface area contributed by atoms with E-state index in [1.165, 1.54) is 25.1 Å². The highest BCUT2D eigenvalue weighted by Gasteiger charge is 2.26. The third-order valence-electron chi connectivity index (χ3n) is 6.29. The number of guanidine groups is 2. The molecule has 0 aliphatic rings. The molecule has 266 valence electrons. The molecule has 3 aromatic carbocycles. The molecule has 3 aromatic rings. The average molecular weight is 770 g/mol. The Labute approximate surface area is 286 Å². The van der Waals surface area contributed by atoms with Crippen LogP contribution in [0.5, 0.6) is 0 Å². The molecule has 0 aliphatic carbocycles. The molecule has 24 heteroatoms. The monoisotopic (exact) mass is 769 g/mol. The zero-order chi connectivity index (χ0) is 37.8. The van der Waals surface area contributed by atoms with Crippen molar-refractivity contribution in [1.29, 1.82) is 10.5 Å². The second-order valence-electron chi connectivity index (χ2n) is 10.0. The van der Waals surface area contributed by atoms with Gasteiger partial charge in [-0.3, -0.25) is 13.7 Å². The zero-order valence-electron chi connectivity index (χ0n) is 25.7. The van der Waals surface area contributed by atoms with Crippen LogP contribution in [0.3, 0.4) is 0 Å². The number of sulfonamides is 1. The van der Waals surface area contributed by atoms with E-state index in [4.69, 9.17) is 16.3 Å². The number of hydrogen-bond donors (Lipinski definition) is 7. The van der Waals surface area contributed by atoms with Crippen LogP contribution in [0.4, 0.5) is 5.69 Å². The summed E-state index contributed by atoms with van der Waals surface area (Å²) in [5.74, 6) is -0.776. The molecule has 0 aliphatic heterocycles. The van der Waals surface area contributed by atoms with E-state index in [0.29, 0.717) is 12.1 Å². The number of benzene rings is 3. The van der Waals surface area contributed by atoms with Crippen LogP contribution in [0, 0.1) is 22.7 Å². The van der Waals surface area contributed by atoms with Gasteiger partial charge in [0.1, 0.15) is 27.8 Å². The van der Waals surface area contributed by atoms with Crippen molar-refractivity contribution in [2.75, 3.05) is 32.5 Å².